The number of phenols is 1. The monoisotopic (exact) mass is 285 g/mol. The van der Waals surface area contributed by atoms with E-state index in [1.165, 1.54) is 24.3 Å². The second-order valence-electron chi connectivity index (χ2n) is 4.27. The molecule has 0 fully saturated rings. The van der Waals surface area contributed by atoms with Gasteiger partial charge in [0.15, 0.2) is 0 Å². The fourth-order valence-electron chi connectivity index (χ4n) is 1.65. The Morgan fingerprint density at radius 1 is 0.952 bits per heavy atom. The fourth-order valence-corrected chi connectivity index (χ4v) is 1.65. The molecule has 21 heavy (non-hydrogen) atoms. The lowest BCUT2D eigenvalue weighted by Crippen LogP contribution is -2.34. The number of aromatic nitrogens is 1. The van der Waals surface area contributed by atoms with Gasteiger partial charge in [0.25, 0.3) is 11.8 Å². The molecule has 0 spiro atoms. The van der Waals surface area contributed by atoms with Crippen LogP contribution in [0.1, 0.15) is 20.8 Å². The van der Waals surface area contributed by atoms with Gasteiger partial charge in [0, 0.05) is 24.8 Å². The van der Waals surface area contributed by atoms with Crippen molar-refractivity contribution < 1.29 is 14.7 Å². The van der Waals surface area contributed by atoms with Crippen LogP contribution >= 0.6 is 0 Å². The van der Waals surface area contributed by atoms with Crippen molar-refractivity contribution in [2.75, 3.05) is 13.1 Å². The molecule has 6 nitrogen and oxygen atoms in total. The van der Waals surface area contributed by atoms with Crippen LogP contribution in [0.15, 0.2) is 48.7 Å². The summed E-state index contributed by atoms with van der Waals surface area (Å²) in [5.74, 6) is -0.439. The summed E-state index contributed by atoms with van der Waals surface area (Å²) < 4.78 is 0. The second-order valence-corrected chi connectivity index (χ2v) is 4.27. The van der Waals surface area contributed by atoms with Gasteiger partial charge in [-0.15, -0.1) is 0 Å². The van der Waals surface area contributed by atoms with Crippen LogP contribution in [-0.2, 0) is 0 Å². The van der Waals surface area contributed by atoms with E-state index in [0.29, 0.717) is 24.3 Å². The molecule has 3 N–H and O–H groups in total. The van der Waals surface area contributed by atoms with Crippen molar-refractivity contribution in [3.63, 3.8) is 0 Å². The molecule has 0 atom stereocenters. The average Bonchev–Trinajstić information content (AvgIpc) is 2.52. The number of carbonyl (C=O) groups excluding carboxylic acids is 2. The van der Waals surface area contributed by atoms with E-state index in [1.807, 2.05) is 0 Å². The summed E-state index contributed by atoms with van der Waals surface area (Å²) in [7, 11) is 0. The van der Waals surface area contributed by atoms with Gasteiger partial charge in [0.2, 0.25) is 0 Å². The Bertz CT molecular complexity index is 612. The molecule has 2 aromatic rings. The van der Waals surface area contributed by atoms with Crippen LogP contribution in [-0.4, -0.2) is 35.0 Å². The van der Waals surface area contributed by atoms with Crippen molar-refractivity contribution in [1.82, 2.24) is 15.6 Å². The molecule has 6 heteroatoms. The van der Waals surface area contributed by atoms with Gasteiger partial charge in [-0.25, -0.2) is 0 Å². The van der Waals surface area contributed by atoms with Crippen molar-refractivity contribution in [3.05, 3.63) is 59.9 Å². The molecule has 108 valence electrons. The molecule has 0 unspecified atom stereocenters. The Morgan fingerprint density at radius 2 is 1.62 bits per heavy atom. The van der Waals surface area contributed by atoms with Crippen LogP contribution in [0, 0.1) is 0 Å². The van der Waals surface area contributed by atoms with Gasteiger partial charge < -0.3 is 15.7 Å². The summed E-state index contributed by atoms with van der Waals surface area (Å²) in [6, 6.07) is 11.0. The minimum absolute atomic E-state index is 0.106. The van der Waals surface area contributed by atoms with E-state index in [0.717, 1.165) is 0 Å². The quantitative estimate of drug-likeness (QED) is 0.713. The number of hydrogen-bond donors (Lipinski definition) is 3. The first-order chi connectivity index (χ1) is 10.2. The predicted molar refractivity (Wildman–Crippen MR) is 77.0 cm³/mol. The van der Waals surface area contributed by atoms with Gasteiger partial charge >= 0.3 is 0 Å². The molecular formula is C15H15N3O3. The number of nitrogens with one attached hydrogen (secondary N) is 2. The maximum absolute atomic E-state index is 11.8. The van der Waals surface area contributed by atoms with Crippen molar-refractivity contribution in [1.29, 1.82) is 0 Å². The van der Waals surface area contributed by atoms with E-state index < -0.39 is 0 Å². The number of aromatic hydroxyl groups is 1. The summed E-state index contributed by atoms with van der Waals surface area (Å²) in [5, 5.41) is 14.5. The molecule has 2 rings (SSSR count). The molecule has 1 aromatic carbocycles. The lowest BCUT2D eigenvalue weighted by Gasteiger charge is -2.07. The number of pyridine rings is 1. The fraction of sp³-hybridized carbons (Fsp3) is 0.133. The predicted octanol–water partition coefficient (Wildman–Crippen LogP) is 0.947. The van der Waals surface area contributed by atoms with Gasteiger partial charge in [-0.05, 0) is 36.4 Å². The number of nitrogens with zero attached hydrogens (tertiary/aromatic N) is 1. The molecule has 0 aliphatic heterocycles. The molecule has 0 saturated heterocycles. The summed E-state index contributed by atoms with van der Waals surface area (Å²) in [6.45, 7) is 0.609. The largest absolute Gasteiger partial charge is 0.508 e. The van der Waals surface area contributed by atoms with Gasteiger partial charge in [-0.3, -0.25) is 14.6 Å². The molecule has 0 aliphatic carbocycles. The molecule has 0 bridgehead atoms. The standard InChI is InChI=1S/C15H15N3O3/c19-12-6-4-11(5-7-12)14(20)17-9-10-18-15(21)13-3-1-2-8-16-13/h1-8,19H,9-10H2,(H,17,20)(H,18,21). The second kappa shape index (κ2) is 7.04. The SMILES string of the molecule is O=C(NCCNC(=O)c1ccccn1)c1ccc(O)cc1. The van der Waals surface area contributed by atoms with Crippen LogP contribution < -0.4 is 10.6 Å². The third kappa shape index (κ3) is 4.31. The van der Waals surface area contributed by atoms with E-state index in [2.05, 4.69) is 15.6 Å². The molecule has 0 radical (unpaired) electrons. The number of rotatable bonds is 5. The molecule has 1 aromatic heterocycles. The van der Waals surface area contributed by atoms with Crippen LogP contribution in [0.4, 0.5) is 0 Å². The van der Waals surface area contributed by atoms with Crippen LogP contribution in [0.2, 0.25) is 0 Å². The Labute approximate surface area is 121 Å². The number of amides is 2. The van der Waals surface area contributed by atoms with E-state index in [4.69, 9.17) is 5.11 Å². The van der Waals surface area contributed by atoms with Gasteiger partial charge in [-0.2, -0.15) is 0 Å². The highest BCUT2D eigenvalue weighted by Crippen LogP contribution is 2.09. The molecule has 1 heterocycles. The first-order valence-electron chi connectivity index (χ1n) is 6.43. The first-order valence-corrected chi connectivity index (χ1v) is 6.43. The van der Waals surface area contributed by atoms with E-state index in [-0.39, 0.29) is 17.6 Å². The third-order valence-corrected chi connectivity index (χ3v) is 2.72. The zero-order chi connectivity index (χ0) is 15.1. The summed E-state index contributed by atoms with van der Waals surface area (Å²) >= 11 is 0. The summed E-state index contributed by atoms with van der Waals surface area (Å²) in [5.41, 5.74) is 0.784. The summed E-state index contributed by atoms with van der Waals surface area (Å²) in [4.78, 5) is 27.4. The van der Waals surface area contributed by atoms with Crippen molar-refractivity contribution >= 4 is 11.8 Å². The maximum atomic E-state index is 11.8. The Hall–Kier alpha value is -2.89. The molecule has 2 amide bonds. The van der Waals surface area contributed by atoms with Crippen molar-refractivity contribution in [3.8, 4) is 5.75 Å². The lowest BCUT2D eigenvalue weighted by molar-refractivity contribution is 0.0925. The van der Waals surface area contributed by atoms with E-state index in [9.17, 15) is 9.59 Å². The molecule has 0 aliphatic rings. The number of carbonyl (C=O) groups is 2. The van der Waals surface area contributed by atoms with Gasteiger partial charge in [-0.1, -0.05) is 6.07 Å². The van der Waals surface area contributed by atoms with Crippen LogP contribution in [0.25, 0.3) is 0 Å². The molecule has 0 saturated carbocycles. The zero-order valence-corrected chi connectivity index (χ0v) is 11.2. The van der Waals surface area contributed by atoms with Crippen molar-refractivity contribution in [2.24, 2.45) is 0 Å². The maximum Gasteiger partial charge on any atom is 0.269 e. The lowest BCUT2D eigenvalue weighted by atomic mass is 10.2. The number of phenolic OH excluding ortho intramolecular Hbond substituents is 1. The Kier molecular flexibility index (Phi) is 4.87. The van der Waals surface area contributed by atoms with Gasteiger partial charge in [0.1, 0.15) is 11.4 Å². The smallest absolute Gasteiger partial charge is 0.269 e. The first kappa shape index (κ1) is 14.5. The highest BCUT2D eigenvalue weighted by molar-refractivity contribution is 5.94. The topological polar surface area (TPSA) is 91.3 Å². The molecular weight excluding hydrogens is 270 g/mol. The average molecular weight is 285 g/mol. The van der Waals surface area contributed by atoms with E-state index >= 15 is 0 Å². The summed E-state index contributed by atoms with van der Waals surface area (Å²) in [6.07, 6.45) is 1.54. The number of hydrogen-bond acceptors (Lipinski definition) is 4. The van der Waals surface area contributed by atoms with Crippen molar-refractivity contribution in [2.45, 2.75) is 0 Å². The van der Waals surface area contributed by atoms with E-state index in [1.54, 1.807) is 24.4 Å². The Morgan fingerprint density at radius 3 is 2.24 bits per heavy atom. The third-order valence-electron chi connectivity index (χ3n) is 2.72. The zero-order valence-electron chi connectivity index (χ0n) is 11.2. The Balaban J connectivity index is 1.73. The van der Waals surface area contributed by atoms with Crippen LogP contribution in [0.3, 0.4) is 0 Å². The highest BCUT2D eigenvalue weighted by Gasteiger charge is 2.06. The highest BCUT2D eigenvalue weighted by atomic mass is 16.3. The van der Waals surface area contributed by atoms with Crippen LogP contribution in [0.5, 0.6) is 5.75 Å². The normalized spacial score (nSPS) is 9.90. The van der Waals surface area contributed by atoms with Gasteiger partial charge in [0.05, 0.1) is 0 Å². The minimum Gasteiger partial charge on any atom is -0.508 e. The minimum atomic E-state index is -0.283. The number of benzene rings is 1.